The van der Waals surface area contributed by atoms with Crippen molar-refractivity contribution in [3.05, 3.63) is 65.7 Å². The molecule has 2 rings (SSSR count). The number of para-hydroxylation sites is 1. The van der Waals surface area contributed by atoms with Crippen molar-refractivity contribution >= 4 is 29.9 Å². The number of aliphatic imine (C=N–C) groups is 1. The summed E-state index contributed by atoms with van der Waals surface area (Å²) < 4.78 is 5.54. The first-order valence-electron chi connectivity index (χ1n) is 9.98. The number of halogens is 1. The Hall–Kier alpha value is -1.84. The van der Waals surface area contributed by atoms with Crippen molar-refractivity contribution in [2.75, 3.05) is 40.8 Å². The molecule has 166 valence electrons. The van der Waals surface area contributed by atoms with E-state index in [1.165, 1.54) is 0 Å². The highest BCUT2D eigenvalue weighted by atomic mass is 127. The first kappa shape index (κ1) is 26.2. The number of benzene rings is 2. The molecule has 6 nitrogen and oxygen atoms in total. The third kappa shape index (κ3) is 7.45. The molecule has 0 fully saturated rings. The predicted octanol–water partition coefficient (Wildman–Crippen LogP) is 3.38. The third-order valence-corrected chi connectivity index (χ3v) is 4.87. The standard InChI is InChI=1S/C23H34N4O2.HI/c1-6-24-22(26-17-23(2,28)18-12-8-7-9-13-18)25-16-20(27(3)4)19-14-10-11-15-21(19)29-5;/h7-15,20,28H,6,16-17H2,1-5H3,(H2,24,25,26);1H. The van der Waals surface area contributed by atoms with Crippen molar-refractivity contribution in [1.29, 1.82) is 0 Å². The summed E-state index contributed by atoms with van der Waals surface area (Å²) in [6.45, 7) is 5.45. The van der Waals surface area contributed by atoms with Gasteiger partial charge in [-0.15, -0.1) is 24.0 Å². The van der Waals surface area contributed by atoms with Crippen LogP contribution in [0.3, 0.4) is 0 Å². The van der Waals surface area contributed by atoms with E-state index in [2.05, 4.69) is 26.6 Å². The van der Waals surface area contributed by atoms with Crippen molar-refractivity contribution in [3.8, 4) is 5.75 Å². The molecule has 0 radical (unpaired) electrons. The highest BCUT2D eigenvalue weighted by Gasteiger charge is 2.23. The smallest absolute Gasteiger partial charge is 0.191 e. The lowest BCUT2D eigenvalue weighted by atomic mass is 9.96. The van der Waals surface area contributed by atoms with Crippen LogP contribution >= 0.6 is 24.0 Å². The molecule has 2 atom stereocenters. The number of ether oxygens (including phenoxy) is 1. The van der Waals surface area contributed by atoms with Gasteiger partial charge < -0.3 is 25.4 Å². The summed E-state index contributed by atoms with van der Waals surface area (Å²) in [6.07, 6.45) is 0. The van der Waals surface area contributed by atoms with Gasteiger partial charge in [-0.05, 0) is 39.6 Å². The van der Waals surface area contributed by atoms with Crippen molar-refractivity contribution < 1.29 is 9.84 Å². The summed E-state index contributed by atoms with van der Waals surface area (Å²) in [5, 5.41) is 17.5. The second kappa shape index (κ2) is 12.8. The van der Waals surface area contributed by atoms with Gasteiger partial charge in [-0.3, -0.25) is 0 Å². The summed E-state index contributed by atoms with van der Waals surface area (Å²) in [4.78, 5) is 6.77. The largest absolute Gasteiger partial charge is 0.496 e. The number of aliphatic hydroxyl groups is 1. The zero-order chi connectivity index (χ0) is 21.3. The molecule has 0 aromatic heterocycles. The summed E-state index contributed by atoms with van der Waals surface area (Å²) in [7, 11) is 5.78. The first-order valence-corrected chi connectivity index (χ1v) is 9.98. The predicted molar refractivity (Wildman–Crippen MR) is 135 cm³/mol. The first-order chi connectivity index (χ1) is 13.9. The number of likely N-dealkylation sites (N-methyl/N-ethyl adjacent to an activating group) is 1. The number of methoxy groups -OCH3 is 1. The Morgan fingerprint density at radius 2 is 1.73 bits per heavy atom. The van der Waals surface area contributed by atoms with E-state index in [1.54, 1.807) is 14.0 Å². The third-order valence-electron chi connectivity index (χ3n) is 4.87. The van der Waals surface area contributed by atoms with Crippen LogP contribution in [0.5, 0.6) is 5.75 Å². The molecule has 0 bridgehead atoms. The van der Waals surface area contributed by atoms with E-state index in [-0.39, 0.29) is 36.6 Å². The molecule has 0 heterocycles. The number of nitrogens with one attached hydrogen (secondary N) is 2. The van der Waals surface area contributed by atoms with Crippen LogP contribution in [-0.2, 0) is 5.60 Å². The average molecular weight is 526 g/mol. The number of rotatable bonds is 9. The maximum absolute atomic E-state index is 10.8. The quantitative estimate of drug-likeness (QED) is 0.266. The SMILES string of the molecule is CCNC(=NCC(C)(O)c1ccccc1)NCC(c1ccccc1OC)N(C)C.I. The molecule has 0 saturated carbocycles. The van der Waals surface area contributed by atoms with Crippen LogP contribution in [0.2, 0.25) is 0 Å². The van der Waals surface area contributed by atoms with Gasteiger partial charge in [0.25, 0.3) is 0 Å². The molecule has 2 aromatic rings. The molecule has 0 aliphatic carbocycles. The molecule has 30 heavy (non-hydrogen) atoms. The molecule has 7 heteroatoms. The van der Waals surface area contributed by atoms with E-state index in [0.717, 1.165) is 23.4 Å². The minimum Gasteiger partial charge on any atom is -0.496 e. The van der Waals surface area contributed by atoms with Gasteiger partial charge in [-0.25, -0.2) is 4.99 Å². The van der Waals surface area contributed by atoms with E-state index < -0.39 is 5.60 Å². The highest BCUT2D eigenvalue weighted by molar-refractivity contribution is 14.0. The summed E-state index contributed by atoms with van der Waals surface area (Å²) in [6, 6.07) is 17.8. The zero-order valence-corrected chi connectivity index (χ0v) is 20.9. The van der Waals surface area contributed by atoms with Crippen LogP contribution in [0, 0.1) is 0 Å². The molecule has 0 spiro atoms. The maximum Gasteiger partial charge on any atom is 0.191 e. The number of guanidine groups is 1. The second-order valence-electron chi connectivity index (χ2n) is 7.44. The molecular weight excluding hydrogens is 491 g/mol. The van der Waals surface area contributed by atoms with Crippen LogP contribution in [0.25, 0.3) is 0 Å². The molecule has 0 saturated heterocycles. The molecule has 0 amide bonds. The lowest BCUT2D eigenvalue weighted by molar-refractivity contribution is 0.0672. The summed E-state index contributed by atoms with van der Waals surface area (Å²) >= 11 is 0. The van der Waals surface area contributed by atoms with Crippen molar-refractivity contribution in [1.82, 2.24) is 15.5 Å². The molecule has 0 aliphatic rings. The number of hydrogen-bond acceptors (Lipinski definition) is 4. The molecular formula is C23H35IN4O2. The molecule has 0 aliphatic heterocycles. The van der Waals surface area contributed by atoms with E-state index in [0.29, 0.717) is 12.5 Å². The monoisotopic (exact) mass is 526 g/mol. The van der Waals surface area contributed by atoms with Gasteiger partial charge >= 0.3 is 0 Å². The van der Waals surface area contributed by atoms with Gasteiger partial charge in [0.15, 0.2) is 5.96 Å². The fourth-order valence-corrected chi connectivity index (χ4v) is 3.17. The van der Waals surface area contributed by atoms with Gasteiger partial charge in [-0.1, -0.05) is 48.5 Å². The molecule has 2 aromatic carbocycles. The van der Waals surface area contributed by atoms with Crippen LogP contribution in [-0.4, -0.2) is 56.8 Å². The summed E-state index contributed by atoms with van der Waals surface area (Å²) in [5.41, 5.74) is 0.923. The Kier molecular flexibility index (Phi) is 11.1. The van der Waals surface area contributed by atoms with E-state index in [1.807, 2.05) is 69.6 Å². The van der Waals surface area contributed by atoms with E-state index in [4.69, 9.17) is 4.74 Å². The lowest BCUT2D eigenvalue weighted by Gasteiger charge is -2.28. The zero-order valence-electron chi connectivity index (χ0n) is 18.6. The lowest BCUT2D eigenvalue weighted by Crippen LogP contribution is -2.42. The van der Waals surface area contributed by atoms with E-state index >= 15 is 0 Å². The van der Waals surface area contributed by atoms with Crippen LogP contribution in [0.15, 0.2) is 59.6 Å². The highest BCUT2D eigenvalue weighted by Crippen LogP contribution is 2.27. The molecule has 2 unspecified atom stereocenters. The maximum atomic E-state index is 10.8. The topological polar surface area (TPSA) is 69.1 Å². The van der Waals surface area contributed by atoms with Gasteiger partial charge in [0.1, 0.15) is 11.4 Å². The Balaban J connectivity index is 0.00000450. The van der Waals surface area contributed by atoms with Gasteiger partial charge in [0, 0.05) is 18.7 Å². The van der Waals surface area contributed by atoms with Crippen LogP contribution in [0.1, 0.15) is 31.0 Å². The van der Waals surface area contributed by atoms with Crippen molar-refractivity contribution in [2.45, 2.75) is 25.5 Å². The normalized spacial score (nSPS) is 14.4. The van der Waals surface area contributed by atoms with Gasteiger partial charge in [-0.2, -0.15) is 0 Å². The average Bonchev–Trinajstić information content (AvgIpc) is 2.73. The molecule has 3 N–H and O–H groups in total. The fourth-order valence-electron chi connectivity index (χ4n) is 3.17. The van der Waals surface area contributed by atoms with Crippen LogP contribution < -0.4 is 15.4 Å². The van der Waals surface area contributed by atoms with Crippen LogP contribution in [0.4, 0.5) is 0 Å². The van der Waals surface area contributed by atoms with Gasteiger partial charge in [0.2, 0.25) is 0 Å². The Morgan fingerprint density at radius 1 is 1.10 bits per heavy atom. The fraction of sp³-hybridized carbons (Fsp3) is 0.435. The van der Waals surface area contributed by atoms with Crippen molar-refractivity contribution in [2.24, 2.45) is 4.99 Å². The summed E-state index contributed by atoms with van der Waals surface area (Å²) in [5.74, 6) is 1.53. The second-order valence-corrected chi connectivity index (χ2v) is 7.44. The Bertz CT molecular complexity index is 782. The minimum atomic E-state index is -1.03. The Labute approximate surface area is 197 Å². The number of nitrogens with zero attached hydrogens (tertiary/aromatic N) is 2. The van der Waals surface area contributed by atoms with E-state index in [9.17, 15) is 5.11 Å². The van der Waals surface area contributed by atoms with Crippen molar-refractivity contribution in [3.63, 3.8) is 0 Å². The number of hydrogen-bond donors (Lipinski definition) is 3. The minimum absolute atomic E-state index is 0. The van der Waals surface area contributed by atoms with Gasteiger partial charge in [0.05, 0.1) is 19.7 Å². The Morgan fingerprint density at radius 3 is 2.33 bits per heavy atom.